The van der Waals surface area contributed by atoms with Gasteiger partial charge in [-0.15, -0.1) is 0 Å². The highest BCUT2D eigenvalue weighted by Gasteiger charge is 2.21. The van der Waals surface area contributed by atoms with E-state index in [1.807, 2.05) is 63.2 Å². The van der Waals surface area contributed by atoms with Crippen LogP contribution in [0.2, 0.25) is 0 Å². The van der Waals surface area contributed by atoms with Crippen LogP contribution in [0.4, 0.5) is 5.69 Å². The molecule has 6 nitrogen and oxygen atoms in total. The van der Waals surface area contributed by atoms with Gasteiger partial charge in [-0.1, -0.05) is 42.5 Å². The number of amides is 1. The molecule has 0 aliphatic heterocycles. The van der Waals surface area contributed by atoms with Crippen molar-refractivity contribution in [1.82, 2.24) is 5.32 Å². The first kappa shape index (κ1) is 24.3. The lowest BCUT2D eigenvalue weighted by Gasteiger charge is -2.26. The van der Waals surface area contributed by atoms with Crippen molar-refractivity contribution in [3.8, 4) is 5.75 Å². The van der Waals surface area contributed by atoms with Crippen LogP contribution >= 0.6 is 0 Å². The normalized spacial score (nSPS) is 11.2. The van der Waals surface area contributed by atoms with E-state index in [4.69, 9.17) is 4.74 Å². The van der Waals surface area contributed by atoms with Crippen molar-refractivity contribution in [1.29, 1.82) is 0 Å². The molecule has 0 aromatic heterocycles. The van der Waals surface area contributed by atoms with Gasteiger partial charge in [0.25, 0.3) is 5.91 Å². The fourth-order valence-corrected chi connectivity index (χ4v) is 4.63. The number of aryl methyl sites for hydroxylation is 3. The molecule has 0 spiro atoms. The van der Waals surface area contributed by atoms with Crippen molar-refractivity contribution in [2.24, 2.45) is 0 Å². The van der Waals surface area contributed by atoms with E-state index in [1.165, 1.54) is 10.6 Å². The van der Waals surface area contributed by atoms with Crippen molar-refractivity contribution >= 4 is 21.6 Å². The van der Waals surface area contributed by atoms with E-state index in [0.29, 0.717) is 24.4 Å². The Balaban J connectivity index is 1.62. The first-order chi connectivity index (χ1) is 15.6. The molecule has 0 bridgehead atoms. The quantitative estimate of drug-likeness (QED) is 0.475. The molecule has 0 unspecified atom stereocenters. The summed E-state index contributed by atoms with van der Waals surface area (Å²) >= 11 is 0. The molecule has 0 radical (unpaired) electrons. The molecule has 0 saturated carbocycles. The van der Waals surface area contributed by atoms with Crippen molar-refractivity contribution in [2.45, 2.75) is 27.3 Å². The SMILES string of the molecule is Cc1cccc(OCCNC(=O)c2ccc(CN(c3c(C)cccc3C)S(C)(=O)=O)cc2)c1. The minimum Gasteiger partial charge on any atom is -0.492 e. The van der Waals surface area contributed by atoms with Gasteiger partial charge in [-0.25, -0.2) is 8.42 Å². The van der Waals surface area contributed by atoms with Crippen molar-refractivity contribution in [2.75, 3.05) is 23.7 Å². The number of rotatable bonds is 9. The Kier molecular flexibility index (Phi) is 7.76. The molecular weight excluding hydrogens is 436 g/mol. The molecule has 3 aromatic carbocycles. The number of nitrogens with zero attached hydrogens (tertiary/aromatic N) is 1. The Morgan fingerprint density at radius 2 is 1.58 bits per heavy atom. The van der Waals surface area contributed by atoms with Crippen molar-refractivity contribution in [3.05, 3.63) is 94.5 Å². The molecule has 0 heterocycles. The average molecular weight is 467 g/mol. The zero-order valence-electron chi connectivity index (χ0n) is 19.5. The summed E-state index contributed by atoms with van der Waals surface area (Å²) < 4.78 is 32.1. The third-order valence-corrected chi connectivity index (χ3v) is 6.39. The van der Waals surface area contributed by atoms with Gasteiger partial charge in [0.2, 0.25) is 10.0 Å². The second kappa shape index (κ2) is 10.5. The number of anilines is 1. The van der Waals surface area contributed by atoms with Gasteiger partial charge in [0.05, 0.1) is 25.0 Å². The van der Waals surface area contributed by atoms with Gasteiger partial charge in [-0.05, 0) is 67.3 Å². The summed E-state index contributed by atoms with van der Waals surface area (Å²) in [6.45, 7) is 6.73. The van der Waals surface area contributed by atoms with Crippen LogP contribution in [-0.4, -0.2) is 33.7 Å². The summed E-state index contributed by atoms with van der Waals surface area (Å²) in [5, 5.41) is 2.84. The Labute approximate surface area is 196 Å². The summed E-state index contributed by atoms with van der Waals surface area (Å²) in [6.07, 6.45) is 1.21. The van der Waals surface area contributed by atoms with E-state index in [0.717, 1.165) is 28.0 Å². The van der Waals surface area contributed by atoms with E-state index in [-0.39, 0.29) is 12.5 Å². The number of hydrogen-bond donors (Lipinski definition) is 1. The first-order valence-electron chi connectivity index (χ1n) is 10.8. The van der Waals surface area contributed by atoms with Gasteiger partial charge in [0.1, 0.15) is 12.4 Å². The Bertz CT molecular complexity index is 1200. The lowest BCUT2D eigenvalue weighted by atomic mass is 10.1. The Hall–Kier alpha value is -3.32. The molecule has 0 aliphatic rings. The molecule has 0 saturated heterocycles. The molecule has 0 atom stereocenters. The fourth-order valence-electron chi connectivity index (χ4n) is 3.63. The molecule has 7 heteroatoms. The maximum Gasteiger partial charge on any atom is 0.251 e. The molecule has 174 valence electrons. The summed E-state index contributed by atoms with van der Waals surface area (Å²) in [7, 11) is -3.49. The Morgan fingerprint density at radius 1 is 0.939 bits per heavy atom. The van der Waals surface area contributed by atoms with E-state index >= 15 is 0 Å². The number of benzene rings is 3. The average Bonchev–Trinajstić information content (AvgIpc) is 2.75. The van der Waals surface area contributed by atoms with Gasteiger partial charge in [0, 0.05) is 5.56 Å². The van der Waals surface area contributed by atoms with Crippen LogP contribution in [0, 0.1) is 20.8 Å². The van der Waals surface area contributed by atoms with Gasteiger partial charge in [0.15, 0.2) is 0 Å². The van der Waals surface area contributed by atoms with Crippen LogP contribution in [0.15, 0.2) is 66.7 Å². The van der Waals surface area contributed by atoms with E-state index < -0.39 is 10.0 Å². The zero-order valence-corrected chi connectivity index (χ0v) is 20.3. The van der Waals surface area contributed by atoms with Gasteiger partial charge < -0.3 is 10.1 Å². The third-order valence-electron chi connectivity index (χ3n) is 5.28. The number of para-hydroxylation sites is 1. The number of carbonyl (C=O) groups is 1. The van der Waals surface area contributed by atoms with Crippen LogP contribution in [0.1, 0.15) is 32.6 Å². The topological polar surface area (TPSA) is 75.7 Å². The summed E-state index contributed by atoms with van der Waals surface area (Å²) in [4.78, 5) is 12.4. The fraction of sp³-hybridized carbons (Fsp3) is 0.269. The smallest absolute Gasteiger partial charge is 0.251 e. The highest BCUT2D eigenvalue weighted by molar-refractivity contribution is 7.92. The molecule has 1 amide bonds. The van der Waals surface area contributed by atoms with Crippen LogP contribution < -0.4 is 14.4 Å². The maximum atomic E-state index is 12.5. The van der Waals surface area contributed by atoms with Crippen LogP contribution in [0.5, 0.6) is 5.75 Å². The molecule has 3 rings (SSSR count). The van der Waals surface area contributed by atoms with Crippen LogP contribution in [0.25, 0.3) is 0 Å². The molecular formula is C26H30N2O4S. The zero-order chi connectivity index (χ0) is 24.0. The van der Waals surface area contributed by atoms with Crippen molar-refractivity contribution < 1.29 is 17.9 Å². The molecule has 33 heavy (non-hydrogen) atoms. The van der Waals surface area contributed by atoms with Gasteiger partial charge in [-0.2, -0.15) is 0 Å². The first-order valence-corrected chi connectivity index (χ1v) is 12.6. The summed E-state index contributed by atoms with van der Waals surface area (Å²) in [6, 6.07) is 20.4. The lowest BCUT2D eigenvalue weighted by Crippen LogP contribution is -2.31. The number of carbonyl (C=O) groups excluding carboxylic acids is 1. The number of hydrogen-bond acceptors (Lipinski definition) is 4. The number of ether oxygens (including phenoxy) is 1. The van der Waals surface area contributed by atoms with Crippen molar-refractivity contribution in [3.63, 3.8) is 0 Å². The monoisotopic (exact) mass is 466 g/mol. The van der Waals surface area contributed by atoms with Gasteiger partial charge >= 0.3 is 0 Å². The number of sulfonamides is 1. The largest absolute Gasteiger partial charge is 0.492 e. The van der Waals surface area contributed by atoms with E-state index in [2.05, 4.69) is 5.32 Å². The lowest BCUT2D eigenvalue weighted by molar-refractivity contribution is 0.0947. The minimum absolute atomic E-state index is 0.191. The van der Waals surface area contributed by atoms with E-state index in [1.54, 1.807) is 24.3 Å². The highest BCUT2D eigenvalue weighted by Crippen LogP contribution is 2.28. The standard InChI is InChI=1S/C26H30N2O4S/c1-19-7-5-10-24(17-19)32-16-15-27-26(29)23-13-11-22(12-14-23)18-28(33(4,30)31)25-20(2)8-6-9-21(25)3/h5-14,17H,15-16,18H2,1-4H3,(H,27,29). The van der Waals surface area contributed by atoms with Crippen LogP contribution in [0.3, 0.4) is 0 Å². The van der Waals surface area contributed by atoms with Crippen LogP contribution in [-0.2, 0) is 16.6 Å². The second-order valence-corrected chi connectivity index (χ2v) is 10.0. The minimum atomic E-state index is -3.49. The molecule has 1 N–H and O–H groups in total. The molecule has 0 fully saturated rings. The predicted molar refractivity (Wildman–Crippen MR) is 132 cm³/mol. The summed E-state index contributed by atoms with van der Waals surface area (Å²) in [5.41, 5.74) is 4.89. The predicted octanol–water partition coefficient (Wildman–Crippen LogP) is 4.39. The van der Waals surface area contributed by atoms with E-state index in [9.17, 15) is 13.2 Å². The second-order valence-electron chi connectivity index (χ2n) is 8.13. The number of nitrogens with one attached hydrogen (secondary N) is 1. The molecule has 0 aliphatic carbocycles. The van der Waals surface area contributed by atoms with Gasteiger partial charge in [-0.3, -0.25) is 9.10 Å². The highest BCUT2D eigenvalue weighted by atomic mass is 32.2. The summed E-state index contributed by atoms with van der Waals surface area (Å²) in [5.74, 6) is 0.567. The third kappa shape index (κ3) is 6.58. The Morgan fingerprint density at radius 3 is 2.18 bits per heavy atom. The maximum absolute atomic E-state index is 12.5. The molecule has 3 aromatic rings.